The number of aromatic nitrogens is 1. The number of likely N-dealkylation sites (N-methyl/N-ethyl adjacent to an activating group) is 1. The number of rotatable bonds is 2. The number of halogens is 1. The highest BCUT2D eigenvalue weighted by Gasteiger charge is 2.73. The third-order valence-electron chi connectivity index (χ3n) is 10.7. The number of hydrogen-bond donors (Lipinski definition) is 3. The molecule has 2 bridgehead atoms. The summed E-state index contributed by atoms with van der Waals surface area (Å²) in [5.74, 6) is 0.204. The van der Waals surface area contributed by atoms with Gasteiger partial charge in [0.05, 0.1) is 22.2 Å². The van der Waals surface area contributed by atoms with Crippen LogP contribution >= 0.6 is 11.6 Å². The first-order chi connectivity index (χ1) is 17.5. The van der Waals surface area contributed by atoms with Gasteiger partial charge in [0.15, 0.2) is 0 Å². The lowest BCUT2D eigenvalue weighted by Crippen LogP contribution is -2.68. The van der Waals surface area contributed by atoms with E-state index in [1.54, 1.807) is 6.20 Å². The highest BCUT2D eigenvalue weighted by molar-refractivity contribution is 6.26. The van der Waals surface area contributed by atoms with E-state index in [9.17, 15) is 15.0 Å². The average Bonchev–Trinajstić information content (AvgIpc) is 3.40. The van der Waals surface area contributed by atoms with Gasteiger partial charge in [-0.3, -0.25) is 4.79 Å². The maximum absolute atomic E-state index is 12.3. The van der Waals surface area contributed by atoms with Gasteiger partial charge in [-0.05, 0) is 98.3 Å². The smallest absolute Gasteiger partial charge is 0.255 e. The largest absolute Gasteiger partial charge is 0.388 e. The van der Waals surface area contributed by atoms with E-state index >= 15 is 0 Å². The minimum atomic E-state index is -0.973. The predicted octanol–water partition coefficient (Wildman–Crippen LogP) is 3.99. The first-order valence-corrected chi connectivity index (χ1v) is 13.9. The highest BCUT2D eigenvalue weighted by Crippen LogP contribution is 2.71. The van der Waals surface area contributed by atoms with E-state index in [4.69, 9.17) is 16.3 Å². The van der Waals surface area contributed by atoms with Crippen molar-refractivity contribution in [1.29, 1.82) is 0 Å². The first-order valence-electron chi connectivity index (χ1n) is 13.5. The second-order valence-corrected chi connectivity index (χ2v) is 13.2. The van der Waals surface area contributed by atoms with Gasteiger partial charge in [0.25, 0.3) is 5.56 Å². The van der Waals surface area contributed by atoms with Crippen molar-refractivity contribution < 1.29 is 14.9 Å². The number of nitrogens with one attached hydrogen (secondary N) is 1. The van der Waals surface area contributed by atoms with Gasteiger partial charge in [0.1, 0.15) is 6.10 Å². The molecular weight excluding hydrogens is 488 g/mol. The summed E-state index contributed by atoms with van der Waals surface area (Å²) in [6.07, 6.45) is 9.17. The van der Waals surface area contributed by atoms with E-state index in [0.29, 0.717) is 11.8 Å². The van der Waals surface area contributed by atoms with Crippen molar-refractivity contribution in [2.45, 2.75) is 79.8 Å². The van der Waals surface area contributed by atoms with Crippen LogP contribution in [0, 0.1) is 11.3 Å². The molecule has 0 amide bonds. The molecule has 3 aliphatic carbocycles. The molecule has 6 nitrogen and oxygen atoms in total. The molecule has 7 heteroatoms. The molecule has 1 saturated heterocycles. The van der Waals surface area contributed by atoms with Crippen LogP contribution in [0.4, 0.5) is 0 Å². The van der Waals surface area contributed by atoms with Crippen molar-refractivity contribution in [2.24, 2.45) is 11.3 Å². The van der Waals surface area contributed by atoms with Gasteiger partial charge in [-0.1, -0.05) is 25.1 Å². The fourth-order valence-electron chi connectivity index (χ4n) is 8.79. The molecule has 0 radical (unpaired) electrons. The molecule has 1 aromatic carbocycles. The van der Waals surface area contributed by atoms with Crippen molar-refractivity contribution in [1.82, 2.24) is 9.88 Å². The van der Waals surface area contributed by atoms with Gasteiger partial charge in [0, 0.05) is 23.5 Å². The lowest BCUT2D eigenvalue weighted by atomic mass is 9.54. The van der Waals surface area contributed by atoms with Crippen LogP contribution in [-0.4, -0.2) is 68.5 Å². The fourth-order valence-corrected chi connectivity index (χ4v) is 9.27. The SMILES string of the molecule is CN(C)C1CC23CCC4(O2)C2CC=C(c5ccc6c(=O)[nH]ccc6c5)C2(C)CCC4(Cl)C=C3C(O)C1O. The number of nitrogens with zero attached hydrogens (tertiary/aromatic N) is 1. The Kier molecular flexibility index (Phi) is 4.94. The Bertz CT molecular complexity index is 1430. The fraction of sp³-hybridized carbons (Fsp3) is 0.567. The summed E-state index contributed by atoms with van der Waals surface area (Å²) >= 11 is 7.54. The molecule has 8 unspecified atom stereocenters. The summed E-state index contributed by atoms with van der Waals surface area (Å²) < 4.78 is 7.26. The number of aliphatic hydroxyl groups is 2. The monoisotopic (exact) mass is 522 g/mol. The topological polar surface area (TPSA) is 85.8 Å². The number of allylic oxidation sites excluding steroid dienone is 2. The third kappa shape index (κ3) is 2.94. The molecule has 8 atom stereocenters. The zero-order valence-electron chi connectivity index (χ0n) is 21.6. The minimum Gasteiger partial charge on any atom is -0.388 e. The van der Waals surface area contributed by atoms with Crippen LogP contribution in [0.15, 0.2) is 53.0 Å². The van der Waals surface area contributed by atoms with Crippen molar-refractivity contribution >= 4 is 27.9 Å². The zero-order chi connectivity index (χ0) is 26.0. The molecular formula is C30H35ClN2O4. The minimum absolute atomic E-state index is 0.0673. The Hall–Kier alpha value is -1.96. The number of H-pyrrole nitrogens is 1. The van der Waals surface area contributed by atoms with E-state index in [2.05, 4.69) is 36.2 Å². The maximum atomic E-state index is 12.3. The van der Waals surface area contributed by atoms with E-state index in [-0.39, 0.29) is 22.9 Å². The van der Waals surface area contributed by atoms with Crippen LogP contribution in [0.25, 0.3) is 16.3 Å². The molecule has 3 N–H and O–H groups in total. The molecule has 2 aliphatic heterocycles. The quantitative estimate of drug-likeness (QED) is 0.410. The molecule has 3 fully saturated rings. The van der Waals surface area contributed by atoms with Crippen LogP contribution in [0.5, 0.6) is 0 Å². The Morgan fingerprint density at radius 3 is 2.73 bits per heavy atom. The van der Waals surface area contributed by atoms with E-state index in [1.165, 1.54) is 5.57 Å². The Balaban J connectivity index is 1.30. The third-order valence-corrected chi connectivity index (χ3v) is 11.3. The molecule has 2 aromatic rings. The number of aromatic amines is 1. The number of benzene rings is 1. The van der Waals surface area contributed by atoms with E-state index < -0.39 is 28.3 Å². The second kappa shape index (κ2) is 7.57. The van der Waals surface area contributed by atoms with Crippen molar-refractivity contribution in [3.8, 4) is 0 Å². The van der Waals surface area contributed by atoms with E-state index in [0.717, 1.165) is 48.6 Å². The average molecular weight is 523 g/mol. The summed E-state index contributed by atoms with van der Waals surface area (Å²) in [5, 5.41) is 23.8. The predicted molar refractivity (Wildman–Crippen MR) is 145 cm³/mol. The number of alkyl halides is 1. The lowest BCUT2D eigenvalue weighted by Gasteiger charge is -2.61. The van der Waals surface area contributed by atoms with Crippen LogP contribution in [-0.2, 0) is 4.74 Å². The van der Waals surface area contributed by atoms with Gasteiger partial charge in [-0.15, -0.1) is 11.6 Å². The molecule has 37 heavy (non-hydrogen) atoms. The van der Waals surface area contributed by atoms with Gasteiger partial charge < -0.3 is 24.8 Å². The Morgan fingerprint density at radius 1 is 1.14 bits per heavy atom. The lowest BCUT2D eigenvalue weighted by molar-refractivity contribution is -0.199. The van der Waals surface area contributed by atoms with Crippen LogP contribution in [0.2, 0.25) is 0 Å². The van der Waals surface area contributed by atoms with Gasteiger partial charge in [0.2, 0.25) is 0 Å². The zero-order valence-corrected chi connectivity index (χ0v) is 22.4. The standard InChI is InChI=1S/C30H35ClN2O4/c1-27-9-11-29(31)15-21-24(34)25(35)22(33(2)3)16-28(21)10-12-30(29,37-28)23(27)7-6-20(27)18-4-5-19-17(14-18)8-13-32-26(19)36/h4-6,8,13-15,22-25,34-35H,7,9-12,16H2,1-3H3,(H,32,36). The molecule has 7 rings (SSSR count). The van der Waals surface area contributed by atoms with Gasteiger partial charge in [-0.25, -0.2) is 0 Å². The molecule has 2 spiro atoms. The van der Waals surface area contributed by atoms with E-state index in [1.807, 2.05) is 31.1 Å². The summed E-state index contributed by atoms with van der Waals surface area (Å²) in [6.45, 7) is 2.36. The normalized spacial score (nSPS) is 44.3. The molecule has 1 aromatic heterocycles. The van der Waals surface area contributed by atoms with Gasteiger partial charge >= 0.3 is 0 Å². The molecule has 5 aliphatic rings. The van der Waals surface area contributed by atoms with Crippen LogP contribution in [0.3, 0.4) is 0 Å². The summed E-state index contributed by atoms with van der Waals surface area (Å²) in [6, 6.07) is 7.92. The van der Waals surface area contributed by atoms with Gasteiger partial charge in [-0.2, -0.15) is 0 Å². The second-order valence-electron chi connectivity index (χ2n) is 12.6. The summed E-state index contributed by atoms with van der Waals surface area (Å²) in [7, 11) is 3.90. The first kappa shape index (κ1) is 24.1. The number of aliphatic hydroxyl groups excluding tert-OH is 2. The number of pyridine rings is 1. The molecule has 196 valence electrons. The van der Waals surface area contributed by atoms with Crippen LogP contribution < -0.4 is 5.56 Å². The van der Waals surface area contributed by atoms with Crippen molar-refractivity contribution in [3.05, 3.63) is 64.1 Å². The number of fused-ring (bicyclic) bond motifs is 2. The highest BCUT2D eigenvalue weighted by atomic mass is 35.5. The Labute approximate surface area is 222 Å². The number of hydrogen-bond acceptors (Lipinski definition) is 5. The maximum Gasteiger partial charge on any atom is 0.255 e. The Morgan fingerprint density at radius 2 is 1.95 bits per heavy atom. The van der Waals surface area contributed by atoms with Crippen molar-refractivity contribution in [2.75, 3.05) is 14.1 Å². The summed E-state index contributed by atoms with van der Waals surface area (Å²) in [5.41, 5.74) is 1.96. The molecule has 3 heterocycles. The van der Waals surface area contributed by atoms with Crippen molar-refractivity contribution in [3.63, 3.8) is 0 Å². The number of ether oxygens (including phenoxy) is 1. The van der Waals surface area contributed by atoms with Crippen LogP contribution in [0.1, 0.15) is 51.0 Å². The molecule has 2 saturated carbocycles. The summed E-state index contributed by atoms with van der Waals surface area (Å²) in [4.78, 5) is 16.3.